The summed E-state index contributed by atoms with van der Waals surface area (Å²) in [6.07, 6.45) is 2.54. The Morgan fingerprint density at radius 2 is 2.14 bits per heavy atom. The van der Waals surface area contributed by atoms with Crippen LogP contribution in [0.25, 0.3) is 0 Å². The summed E-state index contributed by atoms with van der Waals surface area (Å²) in [5, 5.41) is 0. The summed E-state index contributed by atoms with van der Waals surface area (Å²) in [6, 6.07) is 0.722. The summed E-state index contributed by atoms with van der Waals surface area (Å²) in [5.41, 5.74) is 6.30. The number of nitrogens with two attached hydrogens (primary N) is 1. The lowest BCUT2D eigenvalue weighted by atomic mass is 9.73. The van der Waals surface area contributed by atoms with E-state index in [1.807, 2.05) is 0 Å². The molecule has 0 aliphatic carbocycles. The van der Waals surface area contributed by atoms with Crippen molar-refractivity contribution in [3.05, 3.63) is 0 Å². The van der Waals surface area contributed by atoms with Gasteiger partial charge in [-0.25, -0.2) is 0 Å². The Hall–Kier alpha value is -0.0800. The third kappa shape index (κ3) is 2.48. The zero-order valence-electron chi connectivity index (χ0n) is 10.2. The predicted octanol–water partition coefficient (Wildman–Crippen LogP) is 2.09. The average Bonchev–Trinajstić information content (AvgIpc) is 2.16. The molecule has 0 aromatic carbocycles. The second kappa shape index (κ2) is 4.63. The van der Waals surface area contributed by atoms with Crippen molar-refractivity contribution in [3.8, 4) is 0 Å². The van der Waals surface area contributed by atoms with E-state index in [9.17, 15) is 0 Å². The van der Waals surface area contributed by atoms with Crippen LogP contribution in [0.4, 0.5) is 0 Å². The standard InChI is InChI=1S/C12H26N2/c1-5-10(2)14-7-6-12(3,4)11(8-13)9-14/h10-11H,5-9,13H2,1-4H3. The first-order valence-electron chi connectivity index (χ1n) is 5.95. The van der Waals surface area contributed by atoms with Gasteiger partial charge in [0.25, 0.3) is 0 Å². The number of likely N-dealkylation sites (tertiary alicyclic amines) is 1. The van der Waals surface area contributed by atoms with Gasteiger partial charge in [0.1, 0.15) is 0 Å². The van der Waals surface area contributed by atoms with Crippen LogP contribution in [0, 0.1) is 11.3 Å². The quantitative estimate of drug-likeness (QED) is 0.752. The van der Waals surface area contributed by atoms with E-state index < -0.39 is 0 Å². The maximum atomic E-state index is 5.86. The molecule has 2 heteroatoms. The van der Waals surface area contributed by atoms with E-state index in [2.05, 4.69) is 32.6 Å². The molecule has 2 unspecified atom stereocenters. The third-order valence-corrected chi connectivity index (χ3v) is 4.10. The van der Waals surface area contributed by atoms with Crippen molar-refractivity contribution in [2.45, 2.75) is 46.6 Å². The predicted molar refractivity (Wildman–Crippen MR) is 62.3 cm³/mol. The van der Waals surface area contributed by atoms with Crippen LogP contribution in [0.2, 0.25) is 0 Å². The molecule has 2 atom stereocenters. The molecule has 1 fully saturated rings. The van der Waals surface area contributed by atoms with Crippen molar-refractivity contribution >= 4 is 0 Å². The minimum Gasteiger partial charge on any atom is -0.330 e. The van der Waals surface area contributed by atoms with Crippen molar-refractivity contribution < 1.29 is 0 Å². The number of hydrogen-bond donors (Lipinski definition) is 1. The zero-order chi connectivity index (χ0) is 10.8. The minimum absolute atomic E-state index is 0.443. The van der Waals surface area contributed by atoms with Gasteiger partial charge in [-0.05, 0) is 44.2 Å². The lowest BCUT2D eigenvalue weighted by Gasteiger charge is -2.45. The summed E-state index contributed by atoms with van der Waals surface area (Å²) >= 11 is 0. The van der Waals surface area contributed by atoms with Crippen molar-refractivity contribution in [3.63, 3.8) is 0 Å². The van der Waals surface area contributed by atoms with Crippen molar-refractivity contribution in [1.82, 2.24) is 4.90 Å². The third-order valence-electron chi connectivity index (χ3n) is 4.10. The molecule has 0 bridgehead atoms. The topological polar surface area (TPSA) is 29.3 Å². The van der Waals surface area contributed by atoms with E-state index in [0.717, 1.165) is 12.6 Å². The summed E-state index contributed by atoms with van der Waals surface area (Å²) in [5.74, 6) is 0.672. The number of nitrogens with zero attached hydrogens (tertiary/aromatic N) is 1. The van der Waals surface area contributed by atoms with Crippen LogP contribution in [-0.4, -0.2) is 30.6 Å². The first-order valence-corrected chi connectivity index (χ1v) is 5.95. The highest BCUT2D eigenvalue weighted by molar-refractivity contribution is 4.88. The Morgan fingerprint density at radius 1 is 1.50 bits per heavy atom. The van der Waals surface area contributed by atoms with Gasteiger partial charge in [0.2, 0.25) is 0 Å². The zero-order valence-corrected chi connectivity index (χ0v) is 10.2. The monoisotopic (exact) mass is 198 g/mol. The highest BCUT2D eigenvalue weighted by atomic mass is 15.2. The molecule has 0 aromatic heterocycles. The number of hydrogen-bond acceptors (Lipinski definition) is 2. The van der Waals surface area contributed by atoms with Crippen LogP contribution >= 0.6 is 0 Å². The molecule has 84 valence electrons. The maximum Gasteiger partial charge on any atom is 0.00644 e. The number of rotatable bonds is 3. The summed E-state index contributed by atoms with van der Waals surface area (Å²) in [4.78, 5) is 2.60. The van der Waals surface area contributed by atoms with Crippen LogP contribution in [-0.2, 0) is 0 Å². The largest absolute Gasteiger partial charge is 0.330 e. The normalized spacial score (nSPS) is 30.2. The van der Waals surface area contributed by atoms with E-state index in [4.69, 9.17) is 5.73 Å². The Kier molecular flexibility index (Phi) is 3.96. The van der Waals surface area contributed by atoms with Crippen LogP contribution in [0.1, 0.15) is 40.5 Å². The minimum atomic E-state index is 0.443. The van der Waals surface area contributed by atoms with Gasteiger partial charge in [-0.15, -0.1) is 0 Å². The molecule has 2 nitrogen and oxygen atoms in total. The highest BCUT2D eigenvalue weighted by Crippen LogP contribution is 2.35. The van der Waals surface area contributed by atoms with Gasteiger partial charge in [0, 0.05) is 12.6 Å². The van der Waals surface area contributed by atoms with Crippen LogP contribution in [0.5, 0.6) is 0 Å². The van der Waals surface area contributed by atoms with Crippen LogP contribution in [0.15, 0.2) is 0 Å². The SMILES string of the molecule is CCC(C)N1CCC(C)(C)C(CN)C1. The molecule has 14 heavy (non-hydrogen) atoms. The van der Waals surface area contributed by atoms with Crippen molar-refractivity contribution in [2.75, 3.05) is 19.6 Å². The second-order valence-electron chi connectivity index (χ2n) is 5.42. The summed E-state index contributed by atoms with van der Waals surface area (Å²) in [7, 11) is 0. The van der Waals surface area contributed by atoms with E-state index in [1.165, 1.54) is 25.9 Å². The molecule has 0 aromatic rings. The molecule has 1 rings (SSSR count). The number of piperidine rings is 1. The van der Waals surface area contributed by atoms with Gasteiger partial charge in [-0.2, -0.15) is 0 Å². The van der Waals surface area contributed by atoms with E-state index in [-0.39, 0.29) is 0 Å². The van der Waals surface area contributed by atoms with Crippen LogP contribution < -0.4 is 5.73 Å². The van der Waals surface area contributed by atoms with Crippen molar-refractivity contribution in [2.24, 2.45) is 17.1 Å². The van der Waals surface area contributed by atoms with Gasteiger partial charge in [0.05, 0.1) is 0 Å². The molecule has 1 heterocycles. The smallest absolute Gasteiger partial charge is 0.00644 e. The molecular weight excluding hydrogens is 172 g/mol. The molecule has 0 amide bonds. The Labute approximate surface area is 88.8 Å². The molecule has 1 aliphatic heterocycles. The van der Waals surface area contributed by atoms with Gasteiger partial charge < -0.3 is 10.6 Å². The summed E-state index contributed by atoms with van der Waals surface area (Å²) < 4.78 is 0. The fraction of sp³-hybridized carbons (Fsp3) is 1.00. The average molecular weight is 198 g/mol. The van der Waals surface area contributed by atoms with E-state index >= 15 is 0 Å². The van der Waals surface area contributed by atoms with E-state index in [1.54, 1.807) is 0 Å². The lowest BCUT2D eigenvalue weighted by Crippen LogP contribution is -2.50. The van der Waals surface area contributed by atoms with E-state index in [0.29, 0.717) is 11.3 Å². The second-order valence-corrected chi connectivity index (χ2v) is 5.42. The van der Waals surface area contributed by atoms with Gasteiger partial charge in [-0.3, -0.25) is 0 Å². The summed E-state index contributed by atoms with van der Waals surface area (Å²) in [6.45, 7) is 12.6. The molecule has 1 saturated heterocycles. The molecule has 0 radical (unpaired) electrons. The van der Waals surface area contributed by atoms with Crippen molar-refractivity contribution in [1.29, 1.82) is 0 Å². The van der Waals surface area contributed by atoms with Gasteiger partial charge >= 0.3 is 0 Å². The Balaban J connectivity index is 2.57. The molecule has 1 aliphatic rings. The first kappa shape index (κ1) is 12.0. The van der Waals surface area contributed by atoms with Gasteiger partial charge in [-0.1, -0.05) is 20.8 Å². The Morgan fingerprint density at radius 3 is 2.64 bits per heavy atom. The van der Waals surface area contributed by atoms with Gasteiger partial charge in [0.15, 0.2) is 0 Å². The first-order chi connectivity index (χ1) is 6.51. The highest BCUT2D eigenvalue weighted by Gasteiger charge is 2.35. The maximum absolute atomic E-state index is 5.86. The Bertz CT molecular complexity index is 177. The molecule has 0 spiro atoms. The molecule has 2 N–H and O–H groups in total. The fourth-order valence-corrected chi connectivity index (χ4v) is 2.31. The molecular formula is C12H26N2. The molecule has 0 saturated carbocycles. The lowest BCUT2D eigenvalue weighted by molar-refractivity contribution is 0.0416. The fourth-order valence-electron chi connectivity index (χ4n) is 2.31. The van der Waals surface area contributed by atoms with Crippen LogP contribution in [0.3, 0.4) is 0 Å².